The molecule has 134 valence electrons. The number of carbonyl (C=O) groups is 2. The summed E-state index contributed by atoms with van der Waals surface area (Å²) in [5.74, 6) is -0.833. The van der Waals surface area contributed by atoms with Crippen molar-refractivity contribution in [3.8, 4) is 10.6 Å². The van der Waals surface area contributed by atoms with Crippen molar-refractivity contribution in [1.29, 1.82) is 0 Å². The maximum Gasteiger partial charge on any atom is 0.289 e. The lowest BCUT2D eigenvalue weighted by Crippen LogP contribution is -2.41. The van der Waals surface area contributed by atoms with Crippen LogP contribution in [0.3, 0.4) is 0 Å². The van der Waals surface area contributed by atoms with Gasteiger partial charge in [0, 0.05) is 35.1 Å². The Balaban J connectivity index is 1.46. The van der Waals surface area contributed by atoms with E-state index in [-0.39, 0.29) is 11.6 Å². The molecule has 0 aliphatic rings. The molecule has 2 aromatic heterocycles. The summed E-state index contributed by atoms with van der Waals surface area (Å²) in [6, 6.07) is 17.2. The topological polar surface area (TPSA) is 76.0 Å². The Morgan fingerprint density at radius 2 is 1.67 bits per heavy atom. The third-order valence-corrected chi connectivity index (χ3v) is 5.08. The largest absolute Gasteiger partial charge is 0.350 e. The van der Waals surface area contributed by atoms with Crippen LogP contribution < -0.4 is 10.9 Å². The first-order valence-electron chi connectivity index (χ1n) is 8.29. The number of nitrogens with one attached hydrogen (secondary N) is 2. The number of aromatic nitrogens is 2. The smallest absolute Gasteiger partial charge is 0.289 e. The molecule has 2 N–H and O–H groups in total. The zero-order valence-corrected chi connectivity index (χ0v) is 15.3. The Hall–Kier alpha value is -3.45. The summed E-state index contributed by atoms with van der Waals surface area (Å²) in [6.45, 7) is 0. The van der Waals surface area contributed by atoms with Crippen LogP contribution in [0.15, 0.2) is 66.2 Å². The van der Waals surface area contributed by atoms with Crippen molar-refractivity contribution in [3.63, 3.8) is 0 Å². The van der Waals surface area contributed by atoms with Gasteiger partial charge in [0.25, 0.3) is 11.8 Å². The minimum absolute atomic E-state index is 0.261. The molecule has 0 atom stereocenters. The molecule has 0 fully saturated rings. The van der Waals surface area contributed by atoms with Crippen LogP contribution >= 0.6 is 11.3 Å². The number of thiazole rings is 1. The van der Waals surface area contributed by atoms with Gasteiger partial charge in [0.2, 0.25) is 0 Å². The van der Waals surface area contributed by atoms with Gasteiger partial charge in [-0.05, 0) is 6.07 Å². The highest BCUT2D eigenvalue weighted by Gasteiger charge is 2.16. The Morgan fingerprint density at radius 1 is 0.963 bits per heavy atom. The molecule has 6 nitrogen and oxygen atoms in total. The van der Waals surface area contributed by atoms with Crippen LogP contribution in [0.25, 0.3) is 21.5 Å². The summed E-state index contributed by atoms with van der Waals surface area (Å²) >= 11 is 1.38. The molecule has 7 heteroatoms. The molecule has 0 bridgehead atoms. The van der Waals surface area contributed by atoms with E-state index in [0.29, 0.717) is 5.56 Å². The summed E-state index contributed by atoms with van der Waals surface area (Å²) < 4.78 is 1.87. The first-order valence-corrected chi connectivity index (χ1v) is 9.17. The minimum Gasteiger partial charge on any atom is -0.350 e. The van der Waals surface area contributed by atoms with Gasteiger partial charge in [-0.1, -0.05) is 48.5 Å². The van der Waals surface area contributed by atoms with Crippen molar-refractivity contribution in [3.05, 3.63) is 77.4 Å². The maximum absolute atomic E-state index is 12.5. The van der Waals surface area contributed by atoms with Gasteiger partial charge in [0.1, 0.15) is 10.7 Å². The molecule has 2 aromatic carbocycles. The van der Waals surface area contributed by atoms with E-state index in [9.17, 15) is 9.59 Å². The number of benzene rings is 2. The molecule has 0 saturated heterocycles. The maximum atomic E-state index is 12.5. The van der Waals surface area contributed by atoms with Gasteiger partial charge >= 0.3 is 0 Å². The van der Waals surface area contributed by atoms with Crippen LogP contribution in [-0.2, 0) is 7.05 Å². The lowest BCUT2D eigenvalue weighted by Gasteiger charge is -2.05. The Labute approximate surface area is 159 Å². The molecule has 27 heavy (non-hydrogen) atoms. The zero-order valence-electron chi connectivity index (χ0n) is 14.5. The lowest BCUT2D eigenvalue weighted by atomic mass is 10.2. The molecule has 0 spiro atoms. The second-order valence-corrected chi connectivity index (χ2v) is 6.84. The van der Waals surface area contributed by atoms with E-state index in [1.807, 2.05) is 66.2 Å². The van der Waals surface area contributed by atoms with Crippen LogP contribution in [0, 0.1) is 0 Å². The van der Waals surface area contributed by atoms with Crippen LogP contribution in [0.4, 0.5) is 0 Å². The number of para-hydroxylation sites is 1. The highest BCUT2D eigenvalue weighted by Crippen LogP contribution is 2.23. The second kappa shape index (κ2) is 7.05. The van der Waals surface area contributed by atoms with E-state index in [0.717, 1.165) is 21.5 Å². The van der Waals surface area contributed by atoms with Crippen molar-refractivity contribution in [2.75, 3.05) is 0 Å². The van der Waals surface area contributed by atoms with Crippen LogP contribution in [-0.4, -0.2) is 21.4 Å². The third-order valence-electron chi connectivity index (χ3n) is 4.19. The van der Waals surface area contributed by atoms with Gasteiger partial charge < -0.3 is 4.57 Å². The summed E-state index contributed by atoms with van der Waals surface area (Å²) in [4.78, 5) is 29.1. The highest BCUT2D eigenvalue weighted by atomic mass is 32.1. The standard InChI is InChI=1S/C20H16N4O2S/c1-24-11-15(14-9-5-6-10-17(14)24)18(25)22-23-19(26)16-12-27-20(21-16)13-7-3-2-4-8-13/h2-12H,1H3,(H,22,25)(H,23,26). The molecule has 4 aromatic rings. The fraction of sp³-hybridized carbons (Fsp3) is 0.0500. The number of hydrazine groups is 1. The SMILES string of the molecule is Cn1cc(C(=O)NNC(=O)c2csc(-c3ccccc3)n2)c2ccccc21. The van der Waals surface area contributed by atoms with Crippen LogP contribution in [0.1, 0.15) is 20.8 Å². The summed E-state index contributed by atoms with van der Waals surface area (Å²) in [5, 5.41) is 3.25. The fourth-order valence-electron chi connectivity index (χ4n) is 2.86. The summed E-state index contributed by atoms with van der Waals surface area (Å²) in [5.41, 5.74) is 7.55. The Kier molecular flexibility index (Phi) is 4.43. The first kappa shape index (κ1) is 17.0. The van der Waals surface area contributed by atoms with Gasteiger partial charge in [-0.15, -0.1) is 11.3 Å². The zero-order chi connectivity index (χ0) is 18.8. The average Bonchev–Trinajstić information content (AvgIpc) is 3.32. The predicted octanol–water partition coefficient (Wildman–Crippen LogP) is 3.38. The number of hydrogen-bond donors (Lipinski definition) is 2. The van der Waals surface area contributed by atoms with Gasteiger partial charge in [-0.3, -0.25) is 20.4 Å². The van der Waals surface area contributed by atoms with E-state index < -0.39 is 5.91 Å². The summed E-state index contributed by atoms with van der Waals surface area (Å²) in [7, 11) is 1.87. The minimum atomic E-state index is -0.456. The number of rotatable bonds is 3. The quantitative estimate of drug-likeness (QED) is 0.538. The molecule has 0 aliphatic heterocycles. The normalized spacial score (nSPS) is 10.7. The molecule has 0 radical (unpaired) electrons. The van der Waals surface area contributed by atoms with Crippen molar-refractivity contribution < 1.29 is 9.59 Å². The summed E-state index contributed by atoms with van der Waals surface area (Å²) in [6.07, 6.45) is 1.74. The Bertz CT molecular complexity index is 1130. The van der Waals surface area contributed by atoms with Gasteiger partial charge in [0.05, 0.1) is 5.56 Å². The molecule has 0 aliphatic carbocycles. The van der Waals surface area contributed by atoms with E-state index in [4.69, 9.17) is 0 Å². The van der Waals surface area contributed by atoms with E-state index in [2.05, 4.69) is 15.8 Å². The average molecular weight is 376 g/mol. The fourth-order valence-corrected chi connectivity index (χ4v) is 3.67. The van der Waals surface area contributed by atoms with E-state index >= 15 is 0 Å². The van der Waals surface area contributed by atoms with Gasteiger partial charge in [-0.2, -0.15) is 0 Å². The number of carbonyl (C=O) groups excluding carboxylic acids is 2. The van der Waals surface area contributed by atoms with Crippen LogP contribution in [0.2, 0.25) is 0 Å². The number of amides is 2. The molecular weight excluding hydrogens is 360 g/mol. The van der Waals surface area contributed by atoms with Crippen LogP contribution in [0.5, 0.6) is 0 Å². The molecule has 4 rings (SSSR count). The van der Waals surface area contributed by atoms with Crippen molar-refractivity contribution in [1.82, 2.24) is 20.4 Å². The van der Waals surface area contributed by atoms with Crippen molar-refractivity contribution >= 4 is 34.1 Å². The monoisotopic (exact) mass is 376 g/mol. The number of fused-ring (bicyclic) bond motifs is 1. The van der Waals surface area contributed by atoms with Crippen molar-refractivity contribution in [2.24, 2.45) is 7.05 Å². The molecule has 2 amide bonds. The van der Waals surface area contributed by atoms with Gasteiger partial charge in [0.15, 0.2) is 0 Å². The molecule has 0 saturated carbocycles. The van der Waals surface area contributed by atoms with Gasteiger partial charge in [-0.25, -0.2) is 4.98 Å². The molecule has 2 heterocycles. The van der Waals surface area contributed by atoms with E-state index in [1.54, 1.807) is 11.6 Å². The Morgan fingerprint density at radius 3 is 2.48 bits per heavy atom. The van der Waals surface area contributed by atoms with E-state index in [1.165, 1.54) is 11.3 Å². The number of aryl methyl sites for hydroxylation is 1. The first-order chi connectivity index (χ1) is 13.1. The number of hydrogen-bond acceptors (Lipinski definition) is 4. The predicted molar refractivity (Wildman–Crippen MR) is 105 cm³/mol. The number of nitrogens with zero attached hydrogens (tertiary/aromatic N) is 2. The third kappa shape index (κ3) is 3.32. The lowest BCUT2D eigenvalue weighted by molar-refractivity contribution is 0.0845. The second-order valence-electron chi connectivity index (χ2n) is 5.98. The molecular formula is C20H16N4O2S. The van der Waals surface area contributed by atoms with Crippen molar-refractivity contribution in [2.45, 2.75) is 0 Å². The molecule has 0 unspecified atom stereocenters. The highest BCUT2D eigenvalue weighted by molar-refractivity contribution is 7.13.